The fraction of sp³-hybridized carbons (Fsp3) is 0.316. The maximum Gasteiger partial charge on any atom is 0.195 e. The number of anilines is 1. The van der Waals surface area contributed by atoms with Gasteiger partial charge in [0.15, 0.2) is 5.78 Å². The number of rotatable bonds is 7. The van der Waals surface area contributed by atoms with Crippen molar-refractivity contribution in [2.24, 2.45) is 0 Å². The lowest BCUT2D eigenvalue weighted by atomic mass is 10.0. The molecule has 0 spiro atoms. The minimum atomic E-state index is 0.0912. The fourth-order valence-electron chi connectivity index (χ4n) is 2.46. The summed E-state index contributed by atoms with van der Waals surface area (Å²) in [7, 11) is 2.06. The summed E-state index contributed by atoms with van der Waals surface area (Å²) >= 11 is 0. The van der Waals surface area contributed by atoms with Gasteiger partial charge in [0.25, 0.3) is 0 Å². The second-order valence-electron chi connectivity index (χ2n) is 5.34. The summed E-state index contributed by atoms with van der Waals surface area (Å²) in [6.07, 6.45) is 3.58. The van der Waals surface area contributed by atoms with E-state index in [-0.39, 0.29) is 5.78 Å². The molecule has 0 aliphatic carbocycles. The third-order valence-electron chi connectivity index (χ3n) is 3.69. The fourth-order valence-corrected chi connectivity index (χ4v) is 2.46. The molecule has 0 amide bonds. The molecule has 0 unspecified atom stereocenters. The number of para-hydroxylation sites is 1. The summed E-state index contributed by atoms with van der Waals surface area (Å²) in [6, 6.07) is 17.4. The van der Waals surface area contributed by atoms with Crippen LogP contribution in [0.5, 0.6) is 0 Å². The average Bonchev–Trinajstić information content (AvgIpc) is 2.55. The second-order valence-corrected chi connectivity index (χ2v) is 5.34. The van der Waals surface area contributed by atoms with Crippen molar-refractivity contribution in [3.8, 4) is 0 Å². The van der Waals surface area contributed by atoms with Crippen LogP contribution < -0.4 is 4.90 Å². The van der Waals surface area contributed by atoms with Crippen LogP contribution in [0, 0.1) is 0 Å². The molecular weight excluding hydrogens is 258 g/mol. The molecule has 0 saturated carbocycles. The zero-order valence-electron chi connectivity index (χ0n) is 12.9. The Morgan fingerprint density at radius 2 is 1.62 bits per heavy atom. The highest BCUT2D eigenvalue weighted by molar-refractivity contribution is 6.12. The quantitative estimate of drug-likeness (QED) is 0.548. The number of carbonyl (C=O) groups is 1. The molecule has 0 fully saturated rings. The summed E-state index contributed by atoms with van der Waals surface area (Å²) in [5.74, 6) is 0.0912. The van der Waals surface area contributed by atoms with Gasteiger partial charge in [-0.3, -0.25) is 4.79 Å². The van der Waals surface area contributed by atoms with Gasteiger partial charge in [0.05, 0.1) is 0 Å². The molecule has 0 saturated heterocycles. The van der Waals surface area contributed by atoms with Crippen LogP contribution in [0.1, 0.15) is 42.1 Å². The zero-order valence-corrected chi connectivity index (χ0v) is 12.9. The van der Waals surface area contributed by atoms with E-state index >= 15 is 0 Å². The smallest absolute Gasteiger partial charge is 0.195 e. The van der Waals surface area contributed by atoms with E-state index in [1.54, 1.807) is 0 Å². The molecule has 0 aliphatic rings. The third kappa shape index (κ3) is 3.94. The third-order valence-corrected chi connectivity index (χ3v) is 3.69. The maximum atomic E-state index is 12.7. The topological polar surface area (TPSA) is 20.3 Å². The first-order valence-corrected chi connectivity index (χ1v) is 7.64. The number of benzene rings is 2. The molecule has 110 valence electrons. The molecular formula is C19H23NO. The van der Waals surface area contributed by atoms with E-state index < -0.39 is 0 Å². The largest absolute Gasteiger partial charge is 0.374 e. The Bertz CT molecular complexity index is 577. The van der Waals surface area contributed by atoms with Gasteiger partial charge in [-0.05, 0) is 18.6 Å². The van der Waals surface area contributed by atoms with Crippen molar-refractivity contribution in [3.05, 3.63) is 65.7 Å². The van der Waals surface area contributed by atoms with Crippen LogP contribution in [-0.2, 0) is 0 Å². The molecule has 0 aromatic heterocycles. The Hall–Kier alpha value is -2.09. The van der Waals surface area contributed by atoms with E-state index in [1.165, 1.54) is 12.8 Å². The van der Waals surface area contributed by atoms with Crippen molar-refractivity contribution >= 4 is 11.5 Å². The van der Waals surface area contributed by atoms with Gasteiger partial charge >= 0.3 is 0 Å². The van der Waals surface area contributed by atoms with Gasteiger partial charge in [-0.25, -0.2) is 0 Å². The van der Waals surface area contributed by atoms with E-state index in [0.29, 0.717) is 0 Å². The van der Waals surface area contributed by atoms with Gasteiger partial charge in [-0.2, -0.15) is 0 Å². The van der Waals surface area contributed by atoms with Crippen molar-refractivity contribution in [3.63, 3.8) is 0 Å². The minimum Gasteiger partial charge on any atom is -0.374 e. The highest BCUT2D eigenvalue weighted by atomic mass is 16.1. The van der Waals surface area contributed by atoms with Crippen molar-refractivity contribution in [2.75, 3.05) is 18.5 Å². The molecule has 0 atom stereocenters. The van der Waals surface area contributed by atoms with Gasteiger partial charge in [0.2, 0.25) is 0 Å². The van der Waals surface area contributed by atoms with Crippen LogP contribution in [0.15, 0.2) is 54.6 Å². The summed E-state index contributed by atoms with van der Waals surface area (Å²) in [6.45, 7) is 3.18. The first-order chi connectivity index (χ1) is 10.2. The molecule has 21 heavy (non-hydrogen) atoms. The Labute approximate surface area is 127 Å². The number of nitrogens with zero attached hydrogens (tertiary/aromatic N) is 1. The highest BCUT2D eigenvalue weighted by Crippen LogP contribution is 2.22. The molecule has 2 heteroatoms. The number of ketones is 1. The van der Waals surface area contributed by atoms with Crippen LogP contribution in [0.25, 0.3) is 0 Å². The van der Waals surface area contributed by atoms with E-state index in [9.17, 15) is 4.79 Å². The van der Waals surface area contributed by atoms with Crippen LogP contribution in [0.3, 0.4) is 0 Å². The summed E-state index contributed by atoms with van der Waals surface area (Å²) in [5, 5.41) is 0. The van der Waals surface area contributed by atoms with Gasteiger partial charge in [-0.15, -0.1) is 0 Å². The molecule has 0 N–H and O–H groups in total. The molecule has 2 aromatic carbocycles. The lowest BCUT2D eigenvalue weighted by Gasteiger charge is -2.22. The van der Waals surface area contributed by atoms with Gasteiger partial charge in [0.1, 0.15) is 0 Å². The van der Waals surface area contributed by atoms with E-state index in [1.807, 2.05) is 54.6 Å². The minimum absolute atomic E-state index is 0.0912. The van der Waals surface area contributed by atoms with E-state index in [0.717, 1.165) is 29.8 Å². The van der Waals surface area contributed by atoms with Crippen molar-refractivity contribution in [2.45, 2.75) is 26.2 Å². The molecule has 2 nitrogen and oxygen atoms in total. The molecule has 2 aromatic rings. The molecule has 2 rings (SSSR count). The van der Waals surface area contributed by atoms with Gasteiger partial charge in [0, 0.05) is 30.4 Å². The number of unbranched alkanes of at least 4 members (excludes halogenated alkanes) is 2. The Balaban J connectivity index is 2.22. The SMILES string of the molecule is CCCCCN(C)c1ccccc1C(=O)c1ccccc1. The predicted octanol–water partition coefficient (Wildman–Crippen LogP) is 4.54. The number of hydrogen-bond acceptors (Lipinski definition) is 2. The van der Waals surface area contributed by atoms with Crippen LogP contribution in [0.4, 0.5) is 5.69 Å². The molecule has 0 bridgehead atoms. The monoisotopic (exact) mass is 281 g/mol. The lowest BCUT2D eigenvalue weighted by molar-refractivity contribution is 0.103. The first kappa shape index (κ1) is 15.3. The standard InChI is InChI=1S/C19H23NO/c1-3-4-10-15-20(2)18-14-9-8-13-17(18)19(21)16-11-6-5-7-12-16/h5-9,11-14H,3-4,10,15H2,1-2H3. The van der Waals surface area contributed by atoms with Crippen molar-refractivity contribution in [1.29, 1.82) is 0 Å². The van der Waals surface area contributed by atoms with Crippen molar-refractivity contribution in [1.82, 2.24) is 0 Å². The summed E-state index contributed by atoms with van der Waals surface area (Å²) < 4.78 is 0. The predicted molar refractivity (Wildman–Crippen MR) is 89.1 cm³/mol. The Kier molecular flexibility index (Phi) is 5.56. The normalized spacial score (nSPS) is 10.4. The van der Waals surface area contributed by atoms with Crippen LogP contribution >= 0.6 is 0 Å². The maximum absolute atomic E-state index is 12.7. The summed E-state index contributed by atoms with van der Waals surface area (Å²) in [4.78, 5) is 14.9. The van der Waals surface area contributed by atoms with Gasteiger partial charge < -0.3 is 4.90 Å². The Morgan fingerprint density at radius 1 is 0.952 bits per heavy atom. The second kappa shape index (κ2) is 7.63. The van der Waals surface area contributed by atoms with Crippen LogP contribution in [0.2, 0.25) is 0 Å². The van der Waals surface area contributed by atoms with Gasteiger partial charge in [-0.1, -0.05) is 62.2 Å². The number of carbonyl (C=O) groups excluding carboxylic acids is 1. The zero-order chi connectivity index (χ0) is 15.1. The number of hydrogen-bond donors (Lipinski definition) is 0. The van der Waals surface area contributed by atoms with Crippen molar-refractivity contribution < 1.29 is 4.79 Å². The van der Waals surface area contributed by atoms with E-state index in [4.69, 9.17) is 0 Å². The molecule has 0 radical (unpaired) electrons. The van der Waals surface area contributed by atoms with Crippen LogP contribution in [-0.4, -0.2) is 19.4 Å². The lowest BCUT2D eigenvalue weighted by Crippen LogP contribution is -2.21. The molecule has 0 heterocycles. The average molecular weight is 281 g/mol. The highest BCUT2D eigenvalue weighted by Gasteiger charge is 2.15. The summed E-state index contributed by atoms with van der Waals surface area (Å²) in [5.41, 5.74) is 2.54. The molecule has 0 aliphatic heterocycles. The first-order valence-electron chi connectivity index (χ1n) is 7.64. The Morgan fingerprint density at radius 3 is 2.33 bits per heavy atom. The van der Waals surface area contributed by atoms with E-state index in [2.05, 4.69) is 18.9 Å².